The third-order valence-corrected chi connectivity index (χ3v) is 4.72. The van der Waals surface area contributed by atoms with Crippen LogP contribution < -0.4 is 0 Å². The second-order valence-electron chi connectivity index (χ2n) is 4.89. The van der Waals surface area contributed by atoms with E-state index < -0.39 is 0 Å². The lowest BCUT2D eigenvalue weighted by molar-refractivity contribution is 0.852. The maximum atomic E-state index is 5.92. The third kappa shape index (κ3) is 2.93. The van der Waals surface area contributed by atoms with Gasteiger partial charge in [-0.3, -0.25) is 0 Å². The third-order valence-electron chi connectivity index (χ3n) is 3.30. The molecule has 0 N–H and O–H groups in total. The summed E-state index contributed by atoms with van der Waals surface area (Å²) in [6.07, 6.45) is 2.32. The van der Waals surface area contributed by atoms with Crippen LogP contribution >= 0.6 is 34.5 Å². The molecule has 0 aliphatic rings. The zero-order valence-electron chi connectivity index (χ0n) is 11.6. The van der Waals surface area contributed by atoms with E-state index in [-0.39, 0.29) is 0 Å². The largest absolute Gasteiger partial charge is 0.244 e. The highest BCUT2D eigenvalue weighted by molar-refractivity contribution is 7.19. The lowest BCUT2D eigenvalue weighted by atomic mass is 10.2. The number of hydrogen-bond donors (Lipinski definition) is 0. The smallest absolute Gasteiger partial charge is 0.234 e. The van der Waals surface area contributed by atoms with Crippen LogP contribution in [0.3, 0.4) is 0 Å². The summed E-state index contributed by atoms with van der Waals surface area (Å²) in [5.41, 5.74) is 2.01. The lowest BCUT2D eigenvalue weighted by Gasteiger charge is -1.98. The highest BCUT2D eigenvalue weighted by Crippen LogP contribution is 2.26. The lowest BCUT2D eigenvalue weighted by Crippen LogP contribution is -1.98. The highest BCUT2D eigenvalue weighted by atomic mass is 35.5. The Labute approximate surface area is 145 Å². The topological polar surface area (TPSA) is 56.0 Å². The molecular weight excluding hydrogens is 353 g/mol. The van der Waals surface area contributed by atoms with Gasteiger partial charge in [-0.05, 0) is 23.8 Å². The molecule has 0 aliphatic heterocycles. The monoisotopic (exact) mass is 361 g/mol. The van der Waals surface area contributed by atoms with Gasteiger partial charge in [0.2, 0.25) is 4.96 Å². The first-order valence-electron chi connectivity index (χ1n) is 6.76. The Balaban J connectivity index is 1.69. The van der Waals surface area contributed by atoms with Crippen molar-refractivity contribution in [2.75, 3.05) is 0 Å². The molecule has 0 amide bonds. The van der Waals surface area contributed by atoms with Crippen LogP contribution in [0.15, 0.2) is 42.6 Å². The van der Waals surface area contributed by atoms with Crippen LogP contribution in [0.1, 0.15) is 11.4 Å². The zero-order chi connectivity index (χ0) is 15.8. The van der Waals surface area contributed by atoms with E-state index in [4.69, 9.17) is 23.2 Å². The first-order valence-corrected chi connectivity index (χ1v) is 8.34. The Hall–Kier alpha value is -2.02. The fourth-order valence-electron chi connectivity index (χ4n) is 2.17. The van der Waals surface area contributed by atoms with Gasteiger partial charge < -0.3 is 0 Å². The summed E-state index contributed by atoms with van der Waals surface area (Å²) in [5.74, 6) is 0.764. The zero-order valence-corrected chi connectivity index (χ0v) is 14.0. The van der Waals surface area contributed by atoms with Gasteiger partial charge in [0.1, 0.15) is 10.2 Å². The van der Waals surface area contributed by atoms with Crippen molar-refractivity contribution >= 4 is 39.5 Å². The van der Waals surface area contributed by atoms with Gasteiger partial charge in [-0.1, -0.05) is 52.7 Å². The second kappa shape index (κ2) is 5.88. The van der Waals surface area contributed by atoms with Gasteiger partial charge >= 0.3 is 0 Å². The summed E-state index contributed by atoms with van der Waals surface area (Å²) in [5, 5.41) is 15.0. The standard InChI is InChI=1S/C15H9Cl2N5S/c16-11-4-2-10(3-5-11)14-21-22-13(19-20-15(22)23-14)7-9-1-6-12(17)18-8-9/h1-6,8H,7H2. The minimum absolute atomic E-state index is 0.471. The van der Waals surface area contributed by atoms with Crippen molar-refractivity contribution in [3.05, 3.63) is 64.2 Å². The molecule has 0 saturated carbocycles. The van der Waals surface area contributed by atoms with Crippen LogP contribution in [-0.2, 0) is 6.42 Å². The average Bonchev–Trinajstić information content (AvgIpc) is 3.12. The number of aromatic nitrogens is 5. The summed E-state index contributed by atoms with van der Waals surface area (Å²) < 4.78 is 1.77. The number of pyridine rings is 1. The number of hydrogen-bond acceptors (Lipinski definition) is 5. The summed E-state index contributed by atoms with van der Waals surface area (Å²) in [6.45, 7) is 0. The summed E-state index contributed by atoms with van der Waals surface area (Å²) in [4.78, 5) is 4.83. The van der Waals surface area contributed by atoms with E-state index in [1.54, 1.807) is 16.8 Å². The van der Waals surface area contributed by atoms with Crippen molar-refractivity contribution in [2.24, 2.45) is 0 Å². The van der Waals surface area contributed by atoms with Crippen LogP contribution in [0.5, 0.6) is 0 Å². The molecule has 0 fully saturated rings. The number of fused-ring (bicyclic) bond motifs is 1. The molecule has 1 aromatic carbocycles. The van der Waals surface area contributed by atoms with E-state index in [0.29, 0.717) is 16.6 Å². The van der Waals surface area contributed by atoms with Gasteiger partial charge in [0, 0.05) is 23.2 Å². The van der Waals surface area contributed by atoms with Crippen molar-refractivity contribution in [2.45, 2.75) is 6.42 Å². The molecule has 0 unspecified atom stereocenters. The van der Waals surface area contributed by atoms with E-state index in [1.165, 1.54) is 11.3 Å². The first-order chi connectivity index (χ1) is 11.2. The predicted molar refractivity (Wildman–Crippen MR) is 91.2 cm³/mol. The molecule has 0 radical (unpaired) electrons. The minimum Gasteiger partial charge on any atom is -0.244 e. The van der Waals surface area contributed by atoms with E-state index in [9.17, 15) is 0 Å². The normalized spacial score (nSPS) is 11.2. The SMILES string of the molecule is Clc1ccc(-c2nn3c(Cc4ccc(Cl)nc4)nnc3s2)cc1. The Morgan fingerprint density at radius 1 is 1.00 bits per heavy atom. The van der Waals surface area contributed by atoms with Crippen LogP contribution in [-0.4, -0.2) is 24.8 Å². The van der Waals surface area contributed by atoms with Crippen LogP contribution in [0.25, 0.3) is 15.5 Å². The van der Waals surface area contributed by atoms with E-state index in [2.05, 4.69) is 20.3 Å². The minimum atomic E-state index is 0.471. The molecule has 0 aliphatic carbocycles. The predicted octanol–water partition coefficient (Wildman–Crippen LogP) is 4.15. The van der Waals surface area contributed by atoms with Crippen LogP contribution in [0, 0.1) is 0 Å². The Morgan fingerprint density at radius 2 is 1.83 bits per heavy atom. The molecule has 0 spiro atoms. The van der Waals surface area contributed by atoms with Crippen molar-refractivity contribution in [1.29, 1.82) is 0 Å². The molecule has 23 heavy (non-hydrogen) atoms. The molecule has 0 bridgehead atoms. The first kappa shape index (κ1) is 14.6. The van der Waals surface area contributed by atoms with Gasteiger partial charge in [-0.2, -0.15) is 9.61 Å². The van der Waals surface area contributed by atoms with Gasteiger partial charge in [-0.25, -0.2) is 4.98 Å². The number of halogens is 2. The molecular formula is C15H9Cl2N5S. The van der Waals surface area contributed by atoms with Gasteiger partial charge in [0.05, 0.1) is 0 Å². The molecule has 4 aromatic rings. The fraction of sp³-hybridized carbons (Fsp3) is 0.0667. The van der Waals surface area contributed by atoms with E-state index in [0.717, 1.165) is 26.9 Å². The highest BCUT2D eigenvalue weighted by Gasteiger charge is 2.13. The molecule has 3 heterocycles. The van der Waals surface area contributed by atoms with E-state index >= 15 is 0 Å². The molecule has 4 rings (SSSR count). The van der Waals surface area contributed by atoms with Crippen molar-refractivity contribution < 1.29 is 0 Å². The molecule has 3 aromatic heterocycles. The molecule has 0 atom stereocenters. The summed E-state index contributed by atoms with van der Waals surface area (Å²) >= 11 is 13.2. The van der Waals surface area contributed by atoms with Crippen molar-refractivity contribution in [3.8, 4) is 10.6 Å². The molecule has 5 nitrogen and oxygen atoms in total. The fourth-order valence-corrected chi connectivity index (χ4v) is 3.27. The molecule has 8 heteroatoms. The van der Waals surface area contributed by atoms with Gasteiger partial charge in [0.15, 0.2) is 5.82 Å². The Bertz CT molecular complexity index is 960. The Kier molecular flexibility index (Phi) is 3.72. The van der Waals surface area contributed by atoms with Gasteiger partial charge in [-0.15, -0.1) is 10.2 Å². The molecule has 0 saturated heterocycles. The van der Waals surface area contributed by atoms with Crippen LogP contribution in [0.4, 0.5) is 0 Å². The van der Waals surface area contributed by atoms with Gasteiger partial charge in [0.25, 0.3) is 0 Å². The van der Waals surface area contributed by atoms with Crippen LogP contribution in [0.2, 0.25) is 10.2 Å². The van der Waals surface area contributed by atoms with Crippen molar-refractivity contribution in [3.63, 3.8) is 0 Å². The summed E-state index contributed by atoms with van der Waals surface area (Å²) in [6, 6.07) is 11.3. The van der Waals surface area contributed by atoms with E-state index in [1.807, 2.05) is 30.3 Å². The number of benzene rings is 1. The average molecular weight is 362 g/mol. The quantitative estimate of drug-likeness (QED) is 0.514. The van der Waals surface area contributed by atoms with Crippen molar-refractivity contribution in [1.82, 2.24) is 24.8 Å². The molecule has 114 valence electrons. The second-order valence-corrected chi connectivity index (χ2v) is 6.67. The Morgan fingerprint density at radius 3 is 2.57 bits per heavy atom. The number of rotatable bonds is 3. The maximum Gasteiger partial charge on any atom is 0.234 e. The number of nitrogens with zero attached hydrogens (tertiary/aromatic N) is 5. The maximum absolute atomic E-state index is 5.92. The summed E-state index contributed by atoms with van der Waals surface area (Å²) in [7, 11) is 0.